The Balaban J connectivity index is 2.09. The van der Waals surface area contributed by atoms with Crippen LogP contribution >= 0.6 is 11.3 Å². The lowest BCUT2D eigenvalue weighted by atomic mass is 10.3. The molecule has 0 N–H and O–H groups in total. The molecule has 2 heterocycles. The van der Waals surface area contributed by atoms with E-state index in [1.54, 1.807) is 45.2 Å². The molecule has 0 saturated carbocycles. The molecule has 25 heavy (non-hydrogen) atoms. The van der Waals surface area contributed by atoms with E-state index in [-0.39, 0.29) is 17.2 Å². The van der Waals surface area contributed by atoms with E-state index < -0.39 is 10.0 Å². The average molecular weight is 378 g/mol. The summed E-state index contributed by atoms with van der Waals surface area (Å²) in [7, 11) is -2.26. The van der Waals surface area contributed by atoms with Gasteiger partial charge < -0.3 is 9.26 Å². The van der Waals surface area contributed by atoms with Gasteiger partial charge in [0.25, 0.3) is 10.0 Å². The summed E-state index contributed by atoms with van der Waals surface area (Å²) in [5.74, 6) is 0.941. The Morgan fingerprint density at radius 1 is 1.20 bits per heavy atom. The summed E-state index contributed by atoms with van der Waals surface area (Å²) < 4.78 is 38.2. The van der Waals surface area contributed by atoms with E-state index in [0.29, 0.717) is 17.1 Å². The first-order chi connectivity index (χ1) is 11.9. The number of rotatable bonds is 6. The molecule has 3 rings (SSSR count). The molecule has 0 bridgehead atoms. The highest BCUT2D eigenvalue weighted by Crippen LogP contribution is 2.31. The van der Waals surface area contributed by atoms with Crippen molar-refractivity contribution in [2.45, 2.75) is 25.3 Å². The number of ether oxygens (including phenoxy) is 1. The van der Waals surface area contributed by atoms with Crippen LogP contribution < -0.4 is 9.04 Å². The second-order valence-electron chi connectivity index (χ2n) is 5.44. The molecule has 0 aliphatic heterocycles. The third-order valence-electron chi connectivity index (χ3n) is 3.76. The maximum absolute atomic E-state index is 13.3. The van der Waals surface area contributed by atoms with Crippen molar-refractivity contribution in [2.75, 3.05) is 11.4 Å². The molecule has 0 aliphatic carbocycles. The van der Waals surface area contributed by atoms with Crippen LogP contribution in [0.5, 0.6) is 5.75 Å². The standard InChI is InChI=1S/C17H18N2O4S2/c1-12-17(13(2)23-18-12)25(20,21)19(11-16-5-4-10-24-16)14-6-8-15(22-3)9-7-14/h4-10H,11H2,1-3H3. The van der Waals surface area contributed by atoms with Gasteiger partial charge >= 0.3 is 0 Å². The first-order valence-corrected chi connectivity index (χ1v) is 9.87. The van der Waals surface area contributed by atoms with Crippen LogP contribution in [-0.4, -0.2) is 20.7 Å². The molecule has 0 atom stereocenters. The van der Waals surface area contributed by atoms with Crippen LogP contribution in [0.3, 0.4) is 0 Å². The predicted octanol–water partition coefficient (Wildman–Crippen LogP) is 3.76. The van der Waals surface area contributed by atoms with Crippen LogP contribution in [0.25, 0.3) is 0 Å². The van der Waals surface area contributed by atoms with Crippen molar-refractivity contribution < 1.29 is 17.7 Å². The molecule has 0 saturated heterocycles. The third-order valence-corrected chi connectivity index (χ3v) is 6.64. The maximum atomic E-state index is 13.3. The largest absolute Gasteiger partial charge is 0.497 e. The summed E-state index contributed by atoms with van der Waals surface area (Å²) in [5, 5.41) is 5.71. The average Bonchev–Trinajstić information content (AvgIpc) is 3.22. The van der Waals surface area contributed by atoms with Gasteiger partial charge in [-0.3, -0.25) is 4.31 Å². The van der Waals surface area contributed by atoms with Crippen molar-refractivity contribution in [3.8, 4) is 5.75 Å². The van der Waals surface area contributed by atoms with Gasteiger partial charge in [-0.2, -0.15) is 0 Å². The molecule has 132 valence electrons. The zero-order valence-corrected chi connectivity index (χ0v) is 15.7. The number of hydrogen-bond acceptors (Lipinski definition) is 6. The summed E-state index contributed by atoms with van der Waals surface area (Å²) in [4.78, 5) is 1.05. The van der Waals surface area contributed by atoms with E-state index in [2.05, 4.69) is 5.16 Å². The molecular weight excluding hydrogens is 360 g/mol. The van der Waals surface area contributed by atoms with Gasteiger partial charge in [-0.15, -0.1) is 11.3 Å². The van der Waals surface area contributed by atoms with Crippen LogP contribution in [-0.2, 0) is 16.6 Å². The van der Waals surface area contributed by atoms with Gasteiger partial charge in [0.15, 0.2) is 10.7 Å². The van der Waals surface area contributed by atoms with E-state index in [0.717, 1.165) is 4.88 Å². The molecule has 8 heteroatoms. The Morgan fingerprint density at radius 3 is 2.44 bits per heavy atom. The van der Waals surface area contributed by atoms with Gasteiger partial charge in [0.05, 0.1) is 19.3 Å². The van der Waals surface area contributed by atoms with Crippen LogP contribution in [0.1, 0.15) is 16.3 Å². The summed E-state index contributed by atoms with van der Waals surface area (Å²) in [6.07, 6.45) is 0. The minimum Gasteiger partial charge on any atom is -0.497 e. The lowest BCUT2D eigenvalue weighted by molar-refractivity contribution is 0.390. The van der Waals surface area contributed by atoms with Crippen LogP contribution in [0, 0.1) is 13.8 Å². The van der Waals surface area contributed by atoms with Gasteiger partial charge in [0.2, 0.25) is 0 Å². The van der Waals surface area contributed by atoms with Gasteiger partial charge in [-0.1, -0.05) is 11.2 Å². The number of sulfonamides is 1. The molecule has 3 aromatic rings. The molecule has 6 nitrogen and oxygen atoms in total. The van der Waals surface area contributed by atoms with Crippen molar-refractivity contribution in [2.24, 2.45) is 0 Å². The summed E-state index contributed by atoms with van der Waals surface area (Å²) in [5.41, 5.74) is 0.899. The monoisotopic (exact) mass is 378 g/mol. The first-order valence-electron chi connectivity index (χ1n) is 7.55. The molecule has 0 aliphatic rings. The van der Waals surface area contributed by atoms with E-state index >= 15 is 0 Å². The third kappa shape index (κ3) is 3.40. The smallest absolute Gasteiger partial charge is 0.270 e. The van der Waals surface area contributed by atoms with Crippen LogP contribution in [0.4, 0.5) is 5.69 Å². The van der Waals surface area contributed by atoms with Crippen LogP contribution in [0.15, 0.2) is 51.2 Å². The lowest BCUT2D eigenvalue weighted by Crippen LogP contribution is -2.31. The van der Waals surface area contributed by atoms with Crippen molar-refractivity contribution in [1.82, 2.24) is 5.16 Å². The Labute approximate surface area is 150 Å². The topological polar surface area (TPSA) is 72.6 Å². The Morgan fingerprint density at radius 2 is 1.92 bits per heavy atom. The first kappa shape index (κ1) is 17.5. The van der Waals surface area contributed by atoms with Crippen LogP contribution in [0.2, 0.25) is 0 Å². The molecule has 2 aromatic heterocycles. The predicted molar refractivity (Wildman–Crippen MR) is 96.7 cm³/mol. The molecule has 0 amide bonds. The number of hydrogen-bond donors (Lipinski definition) is 0. The van der Waals surface area contributed by atoms with Gasteiger partial charge in [-0.25, -0.2) is 8.42 Å². The van der Waals surface area contributed by atoms with Crippen molar-refractivity contribution >= 4 is 27.0 Å². The highest BCUT2D eigenvalue weighted by Gasteiger charge is 2.31. The van der Waals surface area contributed by atoms with E-state index in [4.69, 9.17) is 9.26 Å². The summed E-state index contributed by atoms with van der Waals surface area (Å²) in [6, 6.07) is 10.7. The number of anilines is 1. The highest BCUT2D eigenvalue weighted by molar-refractivity contribution is 7.92. The van der Waals surface area contributed by atoms with E-state index in [1.807, 2.05) is 17.5 Å². The normalized spacial score (nSPS) is 11.5. The molecule has 1 aromatic carbocycles. The summed E-state index contributed by atoms with van der Waals surface area (Å²) >= 11 is 1.51. The quantitative estimate of drug-likeness (QED) is 0.653. The number of methoxy groups -OCH3 is 1. The SMILES string of the molecule is COc1ccc(N(Cc2cccs2)S(=O)(=O)c2c(C)noc2C)cc1. The molecule has 0 radical (unpaired) electrons. The van der Waals surface area contributed by atoms with E-state index in [1.165, 1.54) is 15.6 Å². The Hall–Kier alpha value is -2.32. The van der Waals surface area contributed by atoms with Crippen molar-refractivity contribution in [1.29, 1.82) is 0 Å². The fraction of sp³-hybridized carbons (Fsp3) is 0.235. The second-order valence-corrected chi connectivity index (χ2v) is 8.27. The number of nitrogens with zero attached hydrogens (tertiary/aromatic N) is 2. The second kappa shape index (κ2) is 6.89. The molecular formula is C17H18N2O4S2. The van der Waals surface area contributed by atoms with Gasteiger partial charge in [-0.05, 0) is 49.6 Å². The zero-order chi connectivity index (χ0) is 18.0. The Kier molecular flexibility index (Phi) is 4.82. The summed E-state index contributed by atoms with van der Waals surface area (Å²) in [6.45, 7) is 3.46. The Bertz CT molecular complexity index is 926. The highest BCUT2D eigenvalue weighted by atomic mass is 32.2. The number of benzene rings is 1. The number of thiophene rings is 1. The van der Waals surface area contributed by atoms with Crippen molar-refractivity contribution in [3.63, 3.8) is 0 Å². The maximum Gasteiger partial charge on any atom is 0.270 e. The fourth-order valence-corrected chi connectivity index (χ4v) is 5.07. The molecule has 0 fully saturated rings. The number of aromatic nitrogens is 1. The lowest BCUT2D eigenvalue weighted by Gasteiger charge is -2.24. The van der Waals surface area contributed by atoms with Crippen molar-refractivity contribution in [3.05, 3.63) is 58.1 Å². The van der Waals surface area contributed by atoms with E-state index in [9.17, 15) is 8.42 Å². The molecule has 0 spiro atoms. The fourth-order valence-electron chi connectivity index (χ4n) is 2.56. The minimum atomic E-state index is -3.82. The molecule has 0 unspecified atom stereocenters. The minimum absolute atomic E-state index is 0.111. The zero-order valence-electron chi connectivity index (χ0n) is 14.1. The van der Waals surface area contributed by atoms with Gasteiger partial charge in [0, 0.05) is 4.88 Å². The number of aryl methyl sites for hydroxylation is 2. The van der Waals surface area contributed by atoms with Gasteiger partial charge in [0.1, 0.15) is 11.4 Å².